The second kappa shape index (κ2) is 5.75. The SMILES string of the molecule is COc1cccc(Oc2ccc(C(F)(F)F)c(C#N)c2)c1. The van der Waals surface area contributed by atoms with Crippen molar-refractivity contribution in [2.75, 3.05) is 7.11 Å². The second-order valence-electron chi connectivity index (χ2n) is 4.10. The molecule has 0 unspecified atom stereocenters. The molecule has 0 saturated heterocycles. The van der Waals surface area contributed by atoms with Gasteiger partial charge in [0.25, 0.3) is 0 Å². The smallest absolute Gasteiger partial charge is 0.417 e. The van der Waals surface area contributed by atoms with E-state index in [0.29, 0.717) is 11.5 Å². The molecule has 0 aliphatic heterocycles. The van der Waals surface area contributed by atoms with Crippen LogP contribution in [0.4, 0.5) is 13.2 Å². The van der Waals surface area contributed by atoms with E-state index in [1.807, 2.05) is 0 Å². The van der Waals surface area contributed by atoms with E-state index in [4.69, 9.17) is 14.7 Å². The number of benzene rings is 2. The number of methoxy groups -OCH3 is 1. The van der Waals surface area contributed by atoms with Crippen LogP contribution in [0, 0.1) is 11.3 Å². The molecule has 2 aromatic rings. The molecule has 0 fully saturated rings. The molecule has 108 valence electrons. The van der Waals surface area contributed by atoms with E-state index < -0.39 is 17.3 Å². The minimum absolute atomic E-state index is 0.146. The third-order valence-electron chi connectivity index (χ3n) is 2.69. The standard InChI is InChI=1S/C15H10F3NO2/c1-20-11-3-2-4-12(8-11)21-13-5-6-14(15(16,17)18)10(7-13)9-19/h2-8H,1H3. The van der Waals surface area contributed by atoms with Crippen molar-refractivity contribution in [2.45, 2.75) is 6.18 Å². The quantitative estimate of drug-likeness (QED) is 0.843. The third-order valence-corrected chi connectivity index (χ3v) is 2.69. The molecule has 2 aromatic carbocycles. The lowest BCUT2D eigenvalue weighted by molar-refractivity contribution is -0.137. The molecule has 21 heavy (non-hydrogen) atoms. The molecular weight excluding hydrogens is 283 g/mol. The van der Waals surface area contributed by atoms with Gasteiger partial charge in [0.2, 0.25) is 0 Å². The average molecular weight is 293 g/mol. The Morgan fingerprint density at radius 1 is 1.00 bits per heavy atom. The van der Waals surface area contributed by atoms with Gasteiger partial charge in [0, 0.05) is 6.07 Å². The van der Waals surface area contributed by atoms with Gasteiger partial charge in [-0.15, -0.1) is 0 Å². The van der Waals surface area contributed by atoms with Crippen LogP contribution in [0.15, 0.2) is 42.5 Å². The fourth-order valence-corrected chi connectivity index (χ4v) is 1.73. The van der Waals surface area contributed by atoms with Crippen LogP contribution in [0.2, 0.25) is 0 Å². The fourth-order valence-electron chi connectivity index (χ4n) is 1.73. The minimum atomic E-state index is -4.57. The van der Waals surface area contributed by atoms with Crippen molar-refractivity contribution in [2.24, 2.45) is 0 Å². The number of hydrogen-bond donors (Lipinski definition) is 0. The minimum Gasteiger partial charge on any atom is -0.497 e. The molecule has 0 amide bonds. The van der Waals surface area contributed by atoms with E-state index in [9.17, 15) is 13.2 Å². The molecule has 0 radical (unpaired) electrons. The molecule has 0 atom stereocenters. The van der Waals surface area contributed by atoms with Crippen molar-refractivity contribution < 1.29 is 22.6 Å². The van der Waals surface area contributed by atoms with Crippen molar-refractivity contribution in [3.8, 4) is 23.3 Å². The van der Waals surface area contributed by atoms with Crippen molar-refractivity contribution in [3.05, 3.63) is 53.6 Å². The van der Waals surface area contributed by atoms with E-state index in [-0.39, 0.29) is 5.75 Å². The first kappa shape index (κ1) is 14.7. The number of nitrogens with zero attached hydrogens (tertiary/aromatic N) is 1. The van der Waals surface area contributed by atoms with Gasteiger partial charge >= 0.3 is 6.18 Å². The first-order valence-corrected chi connectivity index (χ1v) is 5.87. The Balaban J connectivity index is 2.32. The van der Waals surface area contributed by atoms with E-state index in [2.05, 4.69) is 0 Å². The van der Waals surface area contributed by atoms with Gasteiger partial charge in [0.15, 0.2) is 0 Å². The zero-order valence-electron chi connectivity index (χ0n) is 10.9. The lowest BCUT2D eigenvalue weighted by atomic mass is 10.1. The molecule has 0 spiro atoms. The summed E-state index contributed by atoms with van der Waals surface area (Å²) < 4.78 is 48.5. The van der Waals surface area contributed by atoms with Crippen LogP contribution in [-0.2, 0) is 6.18 Å². The maximum absolute atomic E-state index is 12.7. The number of halogens is 3. The summed E-state index contributed by atoms with van der Waals surface area (Å²) in [6, 6.07) is 11.2. The van der Waals surface area contributed by atoms with E-state index in [1.165, 1.54) is 19.2 Å². The predicted octanol–water partition coefficient (Wildman–Crippen LogP) is 4.38. The maximum Gasteiger partial charge on any atom is 0.417 e. The fraction of sp³-hybridized carbons (Fsp3) is 0.133. The van der Waals surface area contributed by atoms with Gasteiger partial charge in [-0.25, -0.2) is 0 Å². The number of rotatable bonds is 3. The van der Waals surface area contributed by atoms with Crippen molar-refractivity contribution in [3.63, 3.8) is 0 Å². The number of alkyl halides is 3. The Morgan fingerprint density at radius 2 is 1.67 bits per heavy atom. The highest BCUT2D eigenvalue weighted by Gasteiger charge is 2.33. The normalized spacial score (nSPS) is 10.8. The highest BCUT2D eigenvalue weighted by molar-refractivity contribution is 5.46. The summed E-state index contributed by atoms with van der Waals surface area (Å²) in [5.74, 6) is 1.10. The van der Waals surface area contributed by atoms with Gasteiger partial charge in [-0.3, -0.25) is 0 Å². The molecule has 3 nitrogen and oxygen atoms in total. The Labute approximate surface area is 119 Å². The topological polar surface area (TPSA) is 42.2 Å². The first-order chi connectivity index (χ1) is 9.94. The number of nitriles is 1. The monoisotopic (exact) mass is 293 g/mol. The van der Waals surface area contributed by atoms with Crippen LogP contribution in [0.1, 0.15) is 11.1 Å². The summed E-state index contributed by atoms with van der Waals surface area (Å²) in [7, 11) is 1.49. The molecule has 0 aliphatic rings. The van der Waals surface area contributed by atoms with Crippen LogP contribution < -0.4 is 9.47 Å². The second-order valence-corrected chi connectivity index (χ2v) is 4.10. The zero-order chi connectivity index (χ0) is 15.5. The van der Waals surface area contributed by atoms with E-state index in [1.54, 1.807) is 24.3 Å². The zero-order valence-corrected chi connectivity index (χ0v) is 10.9. The molecule has 0 heterocycles. The van der Waals surface area contributed by atoms with Gasteiger partial charge in [-0.2, -0.15) is 18.4 Å². The Bertz CT molecular complexity index is 690. The molecule has 2 rings (SSSR count). The lowest BCUT2D eigenvalue weighted by Crippen LogP contribution is -2.07. The molecule has 0 saturated carbocycles. The van der Waals surface area contributed by atoms with Gasteiger partial charge in [0.1, 0.15) is 17.2 Å². The van der Waals surface area contributed by atoms with Crippen molar-refractivity contribution in [1.29, 1.82) is 5.26 Å². The summed E-state index contributed by atoms with van der Waals surface area (Å²) in [5, 5.41) is 8.83. The Hall–Kier alpha value is -2.68. The van der Waals surface area contributed by atoms with E-state index in [0.717, 1.165) is 12.1 Å². The van der Waals surface area contributed by atoms with Crippen LogP contribution in [0.3, 0.4) is 0 Å². The summed E-state index contributed by atoms with van der Waals surface area (Å²) in [5.41, 5.74) is -1.47. The van der Waals surface area contributed by atoms with Crippen LogP contribution in [0.5, 0.6) is 17.2 Å². The largest absolute Gasteiger partial charge is 0.497 e. The highest BCUT2D eigenvalue weighted by atomic mass is 19.4. The highest BCUT2D eigenvalue weighted by Crippen LogP contribution is 2.34. The molecular formula is C15H10F3NO2. The van der Waals surface area contributed by atoms with Gasteiger partial charge < -0.3 is 9.47 Å². The lowest BCUT2D eigenvalue weighted by Gasteiger charge is -2.11. The van der Waals surface area contributed by atoms with Crippen LogP contribution in [0.25, 0.3) is 0 Å². The third kappa shape index (κ3) is 3.45. The van der Waals surface area contributed by atoms with Crippen LogP contribution >= 0.6 is 0 Å². The molecule has 0 N–H and O–H groups in total. The summed E-state index contributed by atoms with van der Waals surface area (Å²) in [6.45, 7) is 0. The predicted molar refractivity (Wildman–Crippen MR) is 69.2 cm³/mol. The van der Waals surface area contributed by atoms with Gasteiger partial charge in [-0.05, 0) is 30.3 Å². The summed E-state index contributed by atoms with van der Waals surface area (Å²) >= 11 is 0. The van der Waals surface area contributed by atoms with Gasteiger partial charge in [0.05, 0.1) is 24.3 Å². The molecule has 6 heteroatoms. The molecule has 0 bridgehead atoms. The summed E-state index contributed by atoms with van der Waals surface area (Å²) in [6.07, 6.45) is -4.57. The maximum atomic E-state index is 12.7. The molecule has 0 aromatic heterocycles. The Kier molecular flexibility index (Phi) is 4.03. The average Bonchev–Trinajstić information content (AvgIpc) is 2.46. The van der Waals surface area contributed by atoms with E-state index >= 15 is 0 Å². The van der Waals surface area contributed by atoms with Crippen molar-refractivity contribution >= 4 is 0 Å². The van der Waals surface area contributed by atoms with Crippen LogP contribution in [-0.4, -0.2) is 7.11 Å². The number of ether oxygens (including phenoxy) is 2. The number of hydrogen-bond acceptors (Lipinski definition) is 3. The Morgan fingerprint density at radius 3 is 2.29 bits per heavy atom. The first-order valence-electron chi connectivity index (χ1n) is 5.87. The van der Waals surface area contributed by atoms with Gasteiger partial charge in [-0.1, -0.05) is 6.07 Å². The molecule has 0 aliphatic carbocycles. The summed E-state index contributed by atoms with van der Waals surface area (Å²) in [4.78, 5) is 0. The van der Waals surface area contributed by atoms with Crippen molar-refractivity contribution in [1.82, 2.24) is 0 Å².